The highest BCUT2D eigenvalue weighted by molar-refractivity contribution is 6.06. The van der Waals surface area contributed by atoms with Crippen LogP contribution in [0.4, 0.5) is 37.7 Å². The van der Waals surface area contributed by atoms with Crippen LogP contribution in [0.2, 0.25) is 0 Å². The predicted octanol–water partition coefficient (Wildman–Crippen LogP) is 8.33. The van der Waals surface area contributed by atoms with Gasteiger partial charge in [-0.05, 0) is 90.0 Å². The van der Waals surface area contributed by atoms with E-state index in [1.807, 2.05) is 6.92 Å². The van der Waals surface area contributed by atoms with Gasteiger partial charge in [-0.1, -0.05) is 33.1 Å². The average molecular weight is 869 g/mol. The van der Waals surface area contributed by atoms with Crippen LogP contribution in [0.5, 0.6) is 11.5 Å². The first-order valence-electron chi connectivity index (χ1n) is 20.6. The molecule has 4 aliphatic rings. The van der Waals surface area contributed by atoms with Crippen LogP contribution in [0.1, 0.15) is 131 Å². The van der Waals surface area contributed by atoms with Gasteiger partial charge in [0.15, 0.2) is 11.2 Å². The number of halogens is 6. The van der Waals surface area contributed by atoms with Gasteiger partial charge in [0.05, 0.1) is 40.7 Å². The highest BCUT2D eigenvalue weighted by Gasteiger charge is 2.47. The van der Waals surface area contributed by atoms with Crippen molar-refractivity contribution in [3.05, 3.63) is 46.5 Å². The second-order valence-corrected chi connectivity index (χ2v) is 16.8. The van der Waals surface area contributed by atoms with Crippen molar-refractivity contribution >= 4 is 41.0 Å². The molecule has 61 heavy (non-hydrogen) atoms. The molecule has 2 aromatic rings. The van der Waals surface area contributed by atoms with Gasteiger partial charge in [0, 0.05) is 38.6 Å². The van der Waals surface area contributed by atoms with E-state index in [1.54, 1.807) is 11.8 Å². The largest absolute Gasteiger partial charge is 0.476 e. The summed E-state index contributed by atoms with van der Waals surface area (Å²) in [5, 5.41) is 2.69. The Hall–Kier alpha value is -5.03. The van der Waals surface area contributed by atoms with Gasteiger partial charge < -0.3 is 34.2 Å². The summed E-state index contributed by atoms with van der Waals surface area (Å²) in [6.07, 6.45) is -2.21. The summed E-state index contributed by atoms with van der Waals surface area (Å²) in [6.45, 7) is 10.4. The lowest BCUT2D eigenvalue weighted by molar-refractivity contribution is -0.139. The van der Waals surface area contributed by atoms with Gasteiger partial charge >= 0.3 is 18.3 Å². The molecule has 4 amide bonds. The molecule has 2 heterocycles. The zero-order valence-corrected chi connectivity index (χ0v) is 35.5. The minimum absolute atomic E-state index is 0.0395. The molecule has 18 heteroatoms. The molecule has 2 fully saturated rings. The number of hydrogen-bond donors (Lipinski definition) is 1. The maximum atomic E-state index is 14.3. The summed E-state index contributed by atoms with van der Waals surface area (Å²) in [6, 6.07) is 3.68. The summed E-state index contributed by atoms with van der Waals surface area (Å²) >= 11 is 0. The molecular formula is C43H54F6N4O8. The van der Waals surface area contributed by atoms with Crippen LogP contribution in [0, 0.1) is 5.92 Å². The smallest absolute Gasteiger partial charge is 0.417 e. The zero-order chi connectivity index (χ0) is 45.2. The lowest BCUT2D eigenvalue weighted by Gasteiger charge is -2.40. The minimum Gasteiger partial charge on any atom is -0.476 e. The molecule has 12 nitrogen and oxygen atoms in total. The van der Waals surface area contributed by atoms with Crippen molar-refractivity contribution in [2.75, 3.05) is 43.1 Å². The highest BCUT2D eigenvalue weighted by atomic mass is 19.4. The lowest BCUT2D eigenvalue weighted by Crippen LogP contribution is -2.54. The molecule has 2 aromatic carbocycles. The van der Waals surface area contributed by atoms with Gasteiger partial charge in [0.2, 0.25) is 5.91 Å². The van der Waals surface area contributed by atoms with Crippen molar-refractivity contribution in [3.63, 3.8) is 0 Å². The molecule has 2 aliphatic heterocycles. The van der Waals surface area contributed by atoms with Gasteiger partial charge in [-0.3, -0.25) is 19.2 Å². The van der Waals surface area contributed by atoms with Crippen molar-refractivity contribution in [1.82, 2.24) is 10.2 Å². The molecule has 0 unspecified atom stereocenters. The SMILES string of the molecule is CCC(=O)NCCN1C(=O)C(C)(C)Oc2cc(C(F)(F)F)c(C(=O)N(CC3CC3)C3CCCCC3)cc21.CCCN1C(=O)C(C)(C)Oc2cc(C(F)(F)F)c(C(=O)OC)cc21. The monoisotopic (exact) mass is 868 g/mol. The predicted molar refractivity (Wildman–Crippen MR) is 213 cm³/mol. The normalized spacial score (nSPS) is 18.4. The molecule has 6 rings (SSSR count). The number of benzene rings is 2. The standard InChI is InChI=1S/C27H36F3N3O4.C16H18F3NO4/c1-4-23(34)31-12-13-32-21-14-19(20(27(28,29)30)15-22(21)37-26(2,3)25(32)36)24(35)33(16-17-10-11-17)18-8-6-5-7-9-18;1-5-6-20-11-7-9(13(21)23-4)10(16(17,18)19)8-12(11)24-15(2,3)14(20)22/h14-15,17-18H,4-13,16H2,1-3H3,(H,31,34);7-8H,5-6H2,1-4H3. The first-order chi connectivity index (χ1) is 28.4. The van der Waals surface area contributed by atoms with Gasteiger partial charge in [-0.25, -0.2) is 4.79 Å². The number of nitrogens with zero attached hydrogens (tertiary/aromatic N) is 3. The molecule has 0 bridgehead atoms. The van der Waals surface area contributed by atoms with E-state index >= 15 is 0 Å². The summed E-state index contributed by atoms with van der Waals surface area (Å²) < 4.78 is 98.4. The summed E-state index contributed by atoms with van der Waals surface area (Å²) in [7, 11) is 0.997. The third-order valence-corrected chi connectivity index (χ3v) is 11.1. The average Bonchev–Trinajstić information content (AvgIpc) is 4.03. The molecule has 0 aromatic heterocycles. The van der Waals surface area contributed by atoms with Crippen LogP contribution < -0.4 is 24.6 Å². The van der Waals surface area contributed by atoms with Crippen LogP contribution in [-0.2, 0) is 31.5 Å². The number of esters is 1. The first kappa shape index (κ1) is 47.0. The summed E-state index contributed by atoms with van der Waals surface area (Å²) in [4.78, 5) is 67.3. The van der Waals surface area contributed by atoms with Crippen LogP contribution >= 0.6 is 0 Å². The molecule has 1 N–H and O–H groups in total. The second kappa shape index (κ2) is 18.1. The lowest BCUT2D eigenvalue weighted by atomic mass is 9.92. The number of rotatable bonds is 11. The van der Waals surface area contributed by atoms with Crippen molar-refractivity contribution < 1.29 is 64.5 Å². The Bertz CT molecular complexity index is 2010. The Balaban J connectivity index is 0.000000254. The van der Waals surface area contributed by atoms with Gasteiger partial charge in [-0.2, -0.15) is 26.3 Å². The maximum Gasteiger partial charge on any atom is 0.417 e. The number of anilines is 2. The molecule has 0 saturated heterocycles. The van der Waals surface area contributed by atoms with Gasteiger partial charge in [-0.15, -0.1) is 0 Å². The maximum absolute atomic E-state index is 14.3. The molecule has 2 saturated carbocycles. The minimum atomic E-state index is -4.78. The van der Waals surface area contributed by atoms with Crippen LogP contribution in [0.15, 0.2) is 24.3 Å². The number of carbonyl (C=O) groups excluding carboxylic acids is 5. The van der Waals surface area contributed by atoms with Crippen molar-refractivity contribution in [2.45, 2.75) is 129 Å². The first-order valence-corrected chi connectivity index (χ1v) is 20.6. The van der Waals surface area contributed by atoms with E-state index < -0.39 is 63.6 Å². The quantitative estimate of drug-likeness (QED) is 0.176. The third-order valence-electron chi connectivity index (χ3n) is 11.1. The fourth-order valence-electron chi connectivity index (χ4n) is 7.78. The zero-order valence-electron chi connectivity index (χ0n) is 35.5. The topological polar surface area (TPSA) is 135 Å². The number of alkyl halides is 6. The van der Waals surface area contributed by atoms with Crippen LogP contribution in [-0.4, -0.2) is 85.0 Å². The second-order valence-electron chi connectivity index (χ2n) is 16.8. The van der Waals surface area contributed by atoms with E-state index in [4.69, 9.17) is 9.47 Å². The fraction of sp³-hybridized carbons (Fsp3) is 0.605. The number of hydrogen-bond acceptors (Lipinski definition) is 8. The number of nitrogens with one attached hydrogen (secondary N) is 1. The van der Waals surface area contributed by atoms with E-state index in [0.29, 0.717) is 25.4 Å². The summed E-state index contributed by atoms with van der Waals surface area (Å²) in [5.41, 5.74) is -5.78. The molecule has 336 valence electrons. The van der Waals surface area contributed by atoms with E-state index in [-0.39, 0.29) is 60.2 Å². The molecule has 0 atom stereocenters. The van der Waals surface area contributed by atoms with E-state index in [9.17, 15) is 50.3 Å². The van der Waals surface area contributed by atoms with Crippen molar-refractivity contribution in [1.29, 1.82) is 0 Å². The van der Waals surface area contributed by atoms with E-state index in [1.165, 1.54) is 37.5 Å². The molecule has 0 radical (unpaired) electrons. The molecule has 0 spiro atoms. The highest BCUT2D eigenvalue weighted by Crippen LogP contribution is 2.46. The Morgan fingerprint density at radius 2 is 1.26 bits per heavy atom. The Morgan fingerprint density at radius 3 is 1.72 bits per heavy atom. The van der Waals surface area contributed by atoms with E-state index in [2.05, 4.69) is 10.1 Å². The number of fused-ring (bicyclic) bond motifs is 2. The number of amides is 4. The van der Waals surface area contributed by atoms with Crippen LogP contribution in [0.25, 0.3) is 0 Å². The van der Waals surface area contributed by atoms with Crippen LogP contribution in [0.3, 0.4) is 0 Å². The fourth-order valence-corrected chi connectivity index (χ4v) is 7.78. The summed E-state index contributed by atoms with van der Waals surface area (Å²) in [5.74, 6) is -2.69. The number of carbonyl (C=O) groups is 5. The van der Waals surface area contributed by atoms with Gasteiger partial charge in [0.1, 0.15) is 11.5 Å². The Morgan fingerprint density at radius 1 is 0.770 bits per heavy atom. The third kappa shape index (κ3) is 10.5. The number of methoxy groups -OCH3 is 1. The number of ether oxygens (including phenoxy) is 3. The van der Waals surface area contributed by atoms with Gasteiger partial charge in [0.25, 0.3) is 17.7 Å². The molecular weight excluding hydrogens is 814 g/mol. The van der Waals surface area contributed by atoms with E-state index in [0.717, 1.165) is 76.3 Å². The molecule has 2 aliphatic carbocycles. The Labute approximate surface area is 351 Å². The Kier molecular flexibility index (Phi) is 14.0. The van der Waals surface area contributed by atoms with Crippen molar-refractivity contribution in [2.24, 2.45) is 5.92 Å². The van der Waals surface area contributed by atoms with Crippen molar-refractivity contribution in [3.8, 4) is 11.5 Å².